The lowest BCUT2D eigenvalue weighted by Crippen LogP contribution is -2.26. The van der Waals surface area contributed by atoms with Crippen LogP contribution >= 0.6 is 11.8 Å². The fraction of sp³-hybridized carbons (Fsp3) is 0.455. The predicted molar refractivity (Wildman–Crippen MR) is 69.1 cm³/mol. The number of benzene rings is 1. The van der Waals surface area contributed by atoms with Gasteiger partial charge in [0.25, 0.3) is 5.69 Å². The van der Waals surface area contributed by atoms with E-state index in [2.05, 4.69) is 5.32 Å². The van der Waals surface area contributed by atoms with E-state index in [0.717, 1.165) is 6.07 Å². The lowest BCUT2D eigenvalue weighted by Gasteiger charge is -2.22. The Balaban J connectivity index is 2.88. The summed E-state index contributed by atoms with van der Waals surface area (Å²) in [5, 5.41) is 13.7. The van der Waals surface area contributed by atoms with Crippen molar-refractivity contribution in [2.24, 2.45) is 0 Å². The molecule has 1 aromatic carbocycles. The molecule has 6 heteroatoms. The molecule has 0 bridgehead atoms. The highest BCUT2D eigenvalue weighted by Gasteiger charge is 2.19. The van der Waals surface area contributed by atoms with E-state index in [4.69, 9.17) is 0 Å². The molecule has 0 radical (unpaired) electrons. The van der Waals surface area contributed by atoms with Crippen molar-refractivity contribution in [3.05, 3.63) is 34.1 Å². The number of nitrogens with zero attached hydrogens (tertiary/aromatic N) is 1. The number of hydrogen-bond acceptors (Lipinski definition) is 4. The van der Waals surface area contributed by atoms with Crippen molar-refractivity contribution in [2.45, 2.75) is 18.6 Å². The zero-order valence-corrected chi connectivity index (χ0v) is 10.8. The van der Waals surface area contributed by atoms with Gasteiger partial charge in [-0.1, -0.05) is 0 Å². The summed E-state index contributed by atoms with van der Waals surface area (Å²) in [4.78, 5) is 10.2. The van der Waals surface area contributed by atoms with Gasteiger partial charge >= 0.3 is 0 Å². The zero-order chi connectivity index (χ0) is 13.1. The van der Waals surface area contributed by atoms with Crippen LogP contribution in [0.25, 0.3) is 0 Å². The van der Waals surface area contributed by atoms with Gasteiger partial charge in [0.1, 0.15) is 11.5 Å². The molecular weight excluding hydrogens is 243 g/mol. The highest BCUT2D eigenvalue weighted by molar-refractivity contribution is 7.99. The molecule has 0 fully saturated rings. The summed E-state index contributed by atoms with van der Waals surface area (Å²) < 4.78 is 12.9. The number of hydrogen-bond donors (Lipinski definition) is 1. The summed E-state index contributed by atoms with van der Waals surface area (Å²) in [5.41, 5.74) is 0.112. The standard InChI is InChI=1S/C11H15FN2O2S/c1-11(2,17-3)7-13-9-5-4-8(12)6-10(9)14(15)16/h4-6,13H,7H2,1-3H3. The molecule has 0 spiro atoms. The smallest absolute Gasteiger partial charge is 0.295 e. The molecule has 0 aliphatic heterocycles. The first-order valence-electron chi connectivity index (χ1n) is 5.09. The summed E-state index contributed by atoms with van der Waals surface area (Å²) in [6.07, 6.45) is 1.97. The minimum absolute atomic E-state index is 0.0394. The van der Waals surface area contributed by atoms with Crippen molar-refractivity contribution in [3.63, 3.8) is 0 Å². The molecular formula is C11H15FN2O2S. The Bertz CT molecular complexity index is 424. The number of nitrogens with one attached hydrogen (secondary N) is 1. The molecule has 0 saturated carbocycles. The second-order valence-corrected chi connectivity index (χ2v) is 5.75. The van der Waals surface area contributed by atoms with Crippen LogP contribution in [-0.4, -0.2) is 22.5 Å². The lowest BCUT2D eigenvalue weighted by atomic mass is 10.2. The van der Waals surface area contributed by atoms with Crippen LogP contribution < -0.4 is 5.32 Å². The van der Waals surface area contributed by atoms with Crippen LogP contribution in [0.15, 0.2) is 18.2 Å². The van der Waals surface area contributed by atoms with E-state index in [1.54, 1.807) is 11.8 Å². The highest BCUT2D eigenvalue weighted by Crippen LogP contribution is 2.27. The van der Waals surface area contributed by atoms with E-state index in [1.165, 1.54) is 12.1 Å². The van der Waals surface area contributed by atoms with Crippen LogP contribution in [0.4, 0.5) is 15.8 Å². The fourth-order valence-corrected chi connectivity index (χ4v) is 1.40. The lowest BCUT2D eigenvalue weighted by molar-refractivity contribution is -0.384. The van der Waals surface area contributed by atoms with Gasteiger partial charge < -0.3 is 5.32 Å². The Morgan fingerprint density at radius 3 is 2.71 bits per heavy atom. The average molecular weight is 258 g/mol. The molecule has 0 heterocycles. The molecule has 0 amide bonds. The van der Waals surface area contributed by atoms with Crippen LogP contribution in [-0.2, 0) is 0 Å². The van der Waals surface area contributed by atoms with E-state index in [-0.39, 0.29) is 10.4 Å². The number of halogens is 1. The van der Waals surface area contributed by atoms with E-state index in [1.807, 2.05) is 20.1 Å². The van der Waals surface area contributed by atoms with Crippen LogP contribution in [0, 0.1) is 15.9 Å². The van der Waals surface area contributed by atoms with Gasteiger partial charge in [-0.2, -0.15) is 11.8 Å². The Labute approximate surface area is 104 Å². The number of anilines is 1. The fourth-order valence-electron chi connectivity index (χ4n) is 1.19. The number of thioether (sulfide) groups is 1. The monoisotopic (exact) mass is 258 g/mol. The summed E-state index contributed by atoms with van der Waals surface area (Å²) in [5.74, 6) is -0.605. The number of rotatable bonds is 5. The molecule has 0 aliphatic rings. The summed E-state index contributed by atoms with van der Waals surface area (Å²) >= 11 is 1.66. The Morgan fingerprint density at radius 1 is 1.53 bits per heavy atom. The van der Waals surface area contributed by atoms with Gasteiger partial charge in [0.15, 0.2) is 0 Å². The van der Waals surface area contributed by atoms with Crippen molar-refractivity contribution in [3.8, 4) is 0 Å². The maximum absolute atomic E-state index is 12.9. The normalized spacial score (nSPS) is 11.3. The molecule has 1 N–H and O–H groups in total. The van der Waals surface area contributed by atoms with Crippen molar-refractivity contribution < 1.29 is 9.31 Å². The molecule has 0 aliphatic carbocycles. The molecule has 0 saturated heterocycles. The number of nitro benzene ring substituents is 1. The van der Waals surface area contributed by atoms with E-state index < -0.39 is 10.7 Å². The second-order valence-electron chi connectivity index (χ2n) is 4.24. The van der Waals surface area contributed by atoms with Gasteiger partial charge in [0.2, 0.25) is 0 Å². The first-order valence-corrected chi connectivity index (χ1v) is 6.31. The van der Waals surface area contributed by atoms with Gasteiger partial charge in [-0.15, -0.1) is 0 Å². The minimum Gasteiger partial charge on any atom is -0.378 e. The van der Waals surface area contributed by atoms with Crippen molar-refractivity contribution in [1.29, 1.82) is 0 Å². The van der Waals surface area contributed by atoms with Crippen LogP contribution in [0.5, 0.6) is 0 Å². The van der Waals surface area contributed by atoms with Crippen LogP contribution in [0.2, 0.25) is 0 Å². The molecule has 1 rings (SSSR count). The third-order valence-corrected chi connectivity index (χ3v) is 3.66. The van der Waals surface area contributed by atoms with Gasteiger partial charge in [0, 0.05) is 11.3 Å². The second kappa shape index (κ2) is 5.35. The van der Waals surface area contributed by atoms with Gasteiger partial charge in [-0.25, -0.2) is 4.39 Å². The van der Waals surface area contributed by atoms with E-state index >= 15 is 0 Å². The van der Waals surface area contributed by atoms with Gasteiger partial charge in [-0.05, 0) is 32.2 Å². The predicted octanol–water partition coefficient (Wildman–Crippen LogP) is 3.29. The van der Waals surface area contributed by atoms with Crippen LogP contribution in [0.3, 0.4) is 0 Å². The van der Waals surface area contributed by atoms with Crippen molar-refractivity contribution in [2.75, 3.05) is 18.1 Å². The molecule has 4 nitrogen and oxygen atoms in total. The molecule has 1 aromatic rings. The first kappa shape index (κ1) is 13.8. The number of nitro groups is 1. The van der Waals surface area contributed by atoms with Gasteiger partial charge in [-0.3, -0.25) is 10.1 Å². The zero-order valence-electron chi connectivity index (χ0n) is 9.99. The van der Waals surface area contributed by atoms with Crippen molar-refractivity contribution in [1.82, 2.24) is 0 Å². The third-order valence-electron chi connectivity index (χ3n) is 2.41. The summed E-state index contributed by atoms with van der Waals surface area (Å²) in [7, 11) is 0. The summed E-state index contributed by atoms with van der Waals surface area (Å²) in [6.45, 7) is 4.63. The first-order chi connectivity index (χ1) is 7.85. The minimum atomic E-state index is -0.605. The topological polar surface area (TPSA) is 55.2 Å². The molecule has 0 aromatic heterocycles. The Morgan fingerprint density at radius 2 is 2.18 bits per heavy atom. The molecule has 17 heavy (non-hydrogen) atoms. The molecule has 0 unspecified atom stereocenters. The van der Waals surface area contributed by atoms with Crippen LogP contribution in [0.1, 0.15) is 13.8 Å². The summed E-state index contributed by atoms with van der Waals surface area (Å²) in [6, 6.07) is 3.53. The Kier molecular flexibility index (Phi) is 4.34. The van der Waals surface area contributed by atoms with Gasteiger partial charge in [0.05, 0.1) is 11.0 Å². The maximum Gasteiger partial charge on any atom is 0.295 e. The highest BCUT2D eigenvalue weighted by atomic mass is 32.2. The molecule has 0 atom stereocenters. The largest absolute Gasteiger partial charge is 0.378 e. The quantitative estimate of drug-likeness (QED) is 0.650. The average Bonchev–Trinajstić information content (AvgIpc) is 2.27. The third kappa shape index (κ3) is 3.89. The van der Waals surface area contributed by atoms with Crippen molar-refractivity contribution >= 4 is 23.1 Å². The van der Waals surface area contributed by atoms with E-state index in [0.29, 0.717) is 12.2 Å². The Hall–Kier alpha value is -1.30. The van der Waals surface area contributed by atoms with E-state index in [9.17, 15) is 14.5 Å². The maximum atomic E-state index is 12.9. The SMILES string of the molecule is CSC(C)(C)CNc1ccc(F)cc1[N+](=O)[O-]. The molecule has 94 valence electrons.